The first-order valence-corrected chi connectivity index (χ1v) is 11.4. The van der Waals surface area contributed by atoms with Crippen LogP contribution in [0.3, 0.4) is 0 Å². The van der Waals surface area contributed by atoms with Crippen LogP contribution in [0.5, 0.6) is 5.88 Å². The number of likely N-dealkylation sites (tertiary alicyclic amines) is 1. The summed E-state index contributed by atoms with van der Waals surface area (Å²) in [5, 5.41) is 10.9. The van der Waals surface area contributed by atoms with E-state index in [9.17, 15) is 5.11 Å². The van der Waals surface area contributed by atoms with Gasteiger partial charge in [0.2, 0.25) is 5.88 Å². The van der Waals surface area contributed by atoms with Gasteiger partial charge in [-0.3, -0.25) is 0 Å². The Hall–Kier alpha value is -1.24. The van der Waals surface area contributed by atoms with Crippen LogP contribution in [0.25, 0.3) is 10.2 Å². The summed E-state index contributed by atoms with van der Waals surface area (Å²) in [7, 11) is 0. The van der Waals surface area contributed by atoms with E-state index in [-0.39, 0.29) is 18.6 Å². The third kappa shape index (κ3) is 3.36. The lowest BCUT2D eigenvalue weighted by atomic mass is 9.90. The van der Waals surface area contributed by atoms with Gasteiger partial charge in [-0.1, -0.05) is 6.42 Å². The maximum atomic E-state index is 9.77. The van der Waals surface area contributed by atoms with Crippen LogP contribution < -0.4 is 4.74 Å². The van der Waals surface area contributed by atoms with Gasteiger partial charge in [0.15, 0.2) is 0 Å². The topological polar surface area (TPSA) is 58.5 Å². The molecule has 146 valence electrons. The van der Waals surface area contributed by atoms with Crippen LogP contribution in [0.15, 0.2) is 6.33 Å². The number of aryl methyl sites for hydroxylation is 1. The molecular weight excluding hydrogens is 358 g/mol. The Balaban J connectivity index is 1.31. The van der Waals surface area contributed by atoms with Crippen molar-refractivity contribution in [1.82, 2.24) is 14.9 Å². The number of aromatic nitrogens is 2. The summed E-state index contributed by atoms with van der Waals surface area (Å²) in [6.07, 6.45) is 12.8. The van der Waals surface area contributed by atoms with Crippen molar-refractivity contribution in [3.63, 3.8) is 0 Å². The number of aliphatic hydroxyl groups is 1. The van der Waals surface area contributed by atoms with Crippen molar-refractivity contribution in [2.75, 3.05) is 19.7 Å². The maximum absolute atomic E-state index is 9.77. The van der Waals surface area contributed by atoms with Crippen molar-refractivity contribution in [2.24, 2.45) is 0 Å². The van der Waals surface area contributed by atoms with E-state index in [1.165, 1.54) is 55.6 Å². The number of thiophene rings is 1. The summed E-state index contributed by atoms with van der Waals surface area (Å²) in [6, 6.07) is 0.750. The predicted molar refractivity (Wildman–Crippen MR) is 108 cm³/mol. The maximum Gasteiger partial charge on any atom is 0.225 e. The monoisotopic (exact) mass is 387 g/mol. The fourth-order valence-corrected chi connectivity index (χ4v) is 6.51. The van der Waals surface area contributed by atoms with Gasteiger partial charge in [0.25, 0.3) is 0 Å². The standard InChI is InChI=1S/C21H29N3O2S/c25-12-14-4-9-17-18(14)19-20(22-13-23-21(19)27-17)26-16-7-5-15(6-8-16)24-10-2-1-3-11-24/h13-16,25H,1-12H2/t14-,15?,16?/m1/s1. The molecule has 1 saturated heterocycles. The number of hydrogen-bond donors (Lipinski definition) is 1. The molecule has 0 radical (unpaired) electrons. The number of fused-ring (bicyclic) bond motifs is 3. The minimum Gasteiger partial charge on any atom is -0.474 e. The lowest BCUT2D eigenvalue weighted by Gasteiger charge is -2.38. The van der Waals surface area contributed by atoms with Gasteiger partial charge < -0.3 is 14.7 Å². The highest BCUT2D eigenvalue weighted by Crippen LogP contribution is 2.46. The Morgan fingerprint density at radius 1 is 1.07 bits per heavy atom. The number of hydrogen-bond acceptors (Lipinski definition) is 6. The molecule has 0 bridgehead atoms. The molecule has 2 aromatic rings. The number of piperidine rings is 1. The molecule has 2 aromatic heterocycles. The van der Waals surface area contributed by atoms with Crippen LogP contribution >= 0.6 is 11.3 Å². The zero-order valence-corrected chi connectivity index (χ0v) is 16.7. The highest BCUT2D eigenvalue weighted by molar-refractivity contribution is 7.19. The molecule has 1 saturated carbocycles. The number of aliphatic hydroxyl groups excluding tert-OH is 1. The number of rotatable bonds is 4. The van der Waals surface area contributed by atoms with E-state index < -0.39 is 0 Å². The van der Waals surface area contributed by atoms with Gasteiger partial charge in [-0.05, 0) is 70.0 Å². The number of ether oxygens (including phenoxy) is 1. The second-order valence-electron chi connectivity index (χ2n) is 8.36. The smallest absolute Gasteiger partial charge is 0.225 e. The quantitative estimate of drug-likeness (QED) is 0.862. The lowest BCUT2D eigenvalue weighted by molar-refractivity contribution is 0.0756. The van der Waals surface area contributed by atoms with Crippen LogP contribution in [0, 0.1) is 0 Å². The average Bonchev–Trinajstić information content (AvgIpc) is 3.28. The van der Waals surface area contributed by atoms with E-state index in [1.807, 2.05) is 0 Å². The molecule has 1 aliphatic heterocycles. The Bertz CT molecular complexity index is 794. The minimum atomic E-state index is 0.202. The highest BCUT2D eigenvalue weighted by atomic mass is 32.1. The summed E-state index contributed by atoms with van der Waals surface area (Å²) < 4.78 is 6.44. The molecule has 5 nitrogen and oxygen atoms in total. The van der Waals surface area contributed by atoms with Crippen LogP contribution in [0.4, 0.5) is 0 Å². The predicted octanol–water partition coefficient (Wildman–Crippen LogP) is 3.89. The van der Waals surface area contributed by atoms with Gasteiger partial charge in [-0.15, -0.1) is 11.3 Å². The minimum absolute atomic E-state index is 0.202. The largest absolute Gasteiger partial charge is 0.474 e. The molecule has 0 spiro atoms. The van der Waals surface area contributed by atoms with Crippen molar-refractivity contribution >= 4 is 21.6 Å². The summed E-state index contributed by atoms with van der Waals surface area (Å²) in [5.74, 6) is 0.969. The van der Waals surface area contributed by atoms with E-state index in [0.717, 1.165) is 47.8 Å². The van der Waals surface area contributed by atoms with Crippen LogP contribution in [-0.4, -0.2) is 51.8 Å². The van der Waals surface area contributed by atoms with Gasteiger partial charge in [0, 0.05) is 16.8 Å². The Kier molecular flexibility index (Phi) is 5.05. The van der Waals surface area contributed by atoms with Crippen LogP contribution in [-0.2, 0) is 6.42 Å². The molecule has 2 fully saturated rings. The summed E-state index contributed by atoms with van der Waals surface area (Å²) >= 11 is 1.75. The third-order valence-corrected chi connectivity index (χ3v) is 7.92. The van der Waals surface area contributed by atoms with Gasteiger partial charge in [-0.25, -0.2) is 9.97 Å². The van der Waals surface area contributed by atoms with Gasteiger partial charge >= 0.3 is 0 Å². The number of nitrogens with zero attached hydrogens (tertiary/aromatic N) is 3. The van der Waals surface area contributed by atoms with E-state index in [0.29, 0.717) is 0 Å². The van der Waals surface area contributed by atoms with E-state index in [1.54, 1.807) is 17.7 Å². The van der Waals surface area contributed by atoms with Gasteiger partial charge in [-0.2, -0.15) is 0 Å². The van der Waals surface area contributed by atoms with Gasteiger partial charge in [0.05, 0.1) is 12.0 Å². The molecule has 0 unspecified atom stereocenters. The van der Waals surface area contributed by atoms with E-state index in [4.69, 9.17) is 4.74 Å². The Morgan fingerprint density at radius 3 is 2.67 bits per heavy atom. The molecule has 0 amide bonds. The molecule has 1 atom stereocenters. The first-order valence-electron chi connectivity index (χ1n) is 10.6. The van der Waals surface area contributed by atoms with Crippen molar-refractivity contribution in [2.45, 2.75) is 75.9 Å². The Labute approximate surface area is 164 Å². The molecular formula is C21H29N3O2S. The lowest BCUT2D eigenvalue weighted by Crippen LogP contribution is -2.42. The molecule has 0 aromatic carbocycles. The van der Waals surface area contributed by atoms with Crippen LogP contribution in [0.2, 0.25) is 0 Å². The molecule has 3 aliphatic rings. The molecule has 5 rings (SSSR count). The fraction of sp³-hybridized carbons (Fsp3) is 0.714. The van der Waals surface area contributed by atoms with Crippen molar-refractivity contribution in [1.29, 1.82) is 0 Å². The first-order chi connectivity index (χ1) is 13.3. The second-order valence-corrected chi connectivity index (χ2v) is 9.44. The van der Waals surface area contributed by atoms with Gasteiger partial charge in [0.1, 0.15) is 17.3 Å². The zero-order chi connectivity index (χ0) is 18.2. The summed E-state index contributed by atoms with van der Waals surface area (Å²) in [6.45, 7) is 2.77. The van der Waals surface area contributed by atoms with Crippen molar-refractivity contribution in [3.05, 3.63) is 16.8 Å². The fourth-order valence-electron chi connectivity index (χ4n) is 5.28. The third-order valence-electron chi connectivity index (χ3n) is 6.74. The normalized spacial score (nSPS) is 29.1. The molecule has 27 heavy (non-hydrogen) atoms. The molecule has 1 N–H and O–H groups in total. The second kappa shape index (κ2) is 7.64. The zero-order valence-electron chi connectivity index (χ0n) is 15.9. The molecule has 6 heteroatoms. The van der Waals surface area contributed by atoms with E-state index in [2.05, 4.69) is 14.9 Å². The van der Waals surface area contributed by atoms with Crippen LogP contribution in [0.1, 0.15) is 67.7 Å². The average molecular weight is 388 g/mol. The molecule has 2 aliphatic carbocycles. The van der Waals surface area contributed by atoms with Crippen molar-refractivity contribution < 1.29 is 9.84 Å². The SMILES string of the molecule is OC[C@H]1CCc2sc3ncnc(OC4CCC(N5CCCCC5)CC4)c3c21. The summed E-state index contributed by atoms with van der Waals surface area (Å²) in [4.78, 5) is 14.1. The Morgan fingerprint density at radius 2 is 1.89 bits per heavy atom. The van der Waals surface area contributed by atoms with E-state index >= 15 is 0 Å². The molecule has 3 heterocycles. The first kappa shape index (κ1) is 17.8. The van der Waals surface area contributed by atoms with Crippen molar-refractivity contribution in [3.8, 4) is 5.88 Å². The highest BCUT2D eigenvalue weighted by Gasteiger charge is 2.32. The summed E-state index contributed by atoms with van der Waals surface area (Å²) in [5.41, 5.74) is 1.26.